The molecule has 0 bridgehead atoms. The minimum atomic E-state index is 0.0884. The number of aryl methyl sites for hydroxylation is 1. The second-order valence-corrected chi connectivity index (χ2v) is 7.01. The van der Waals surface area contributed by atoms with Crippen LogP contribution in [0.4, 0.5) is 0 Å². The fourth-order valence-corrected chi connectivity index (χ4v) is 3.63. The van der Waals surface area contributed by atoms with Gasteiger partial charge in [-0.2, -0.15) is 0 Å². The highest BCUT2D eigenvalue weighted by Crippen LogP contribution is 2.27. The molecule has 0 aliphatic heterocycles. The normalized spacial score (nSPS) is 17.8. The molecule has 2 aromatic rings. The van der Waals surface area contributed by atoms with Gasteiger partial charge in [-0.3, -0.25) is 4.79 Å². The molecule has 1 amide bonds. The molecule has 2 atom stereocenters. The number of hydrogen-bond donors (Lipinski definition) is 2. The summed E-state index contributed by atoms with van der Waals surface area (Å²) in [5.74, 6) is 0.0884. The van der Waals surface area contributed by atoms with Crippen molar-refractivity contribution in [1.82, 2.24) is 5.32 Å². The number of benzene rings is 2. The lowest BCUT2D eigenvalue weighted by Gasteiger charge is -2.30. The summed E-state index contributed by atoms with van der Waals surface area (Å²) < 4.78 is 0. The van der Waals surface area contributed by atoms with Gasteiger partial charge in [0.05, 0.1) is 7.05 Å². The van der Waals surface area contributed by atoms with E-state index in [4.69, 9.17) is 11.6 Å². The maximum atomic E-state index is 12.3. The van der Waals surface area contributed by atoms with E-state index in [2.05, 4.69) is 36.6 Å². The zero-order valence-corrected chi connectivity index (χ0v) is 14.8. The highest BCUT2D eigenvalue weighted by atomic mass is 35.5. The Morgan fingerprint density at radius 1 is 1.21 bits per heavy atom. The van der Waals surface area contributed by atoms with E-state index in [9.17, 15) is 4.79 Å². The Kier molecular flexibility index (Phi) is 5.54. The van der Waals surface area contributed by atoms with Crippen molar-refractivity contribution in [3.63, 3.8) is 0 Å². The Hall–Kier alpha value is -1.84. The largest absolute Gasteiger partial charge is 0.347 e. The second kappa shape index (κ2) is 7.82. The lowest BCUT2D eigenvalue weighted by atomic mass is 9.87. The van der Waals surface area contributed by atoms with Crippen LogP contribution in [0.5, 0.6) is 0 Å². The molecule has 3 nitrogen and oxygen atoms in total. The van der Waals surface area contributed by atoms with Crippen molar-refractivity contribution < 1.29 is 9.69 Å². The van der Waals surface area contributed by atoms with Crippen molar-refractivity contribution in [2.24, 2.45) is 0 Å². The van der Waals surface area contributed by atoms with Crippen molar-refractivity contribution in [2.75, 3.05) is 13.6 Å². The van der Waals surface area contributed by atoms with E-state index in [1.807, 2.05) is 24.3 Å². The van der Waals surface area contributed by atoms with Crippen LogP contribution in [0.25, 0.3) is 0 Å². The van der Waals surface area contributed by atoms with E-state index in [1.165, 1.54) is 22.4 Å². The van der Waals surface area contributed by atoms with Gasteiger partial charge in [-0.25, -0.2) is 0 Å². The molecule has 1 aliphatic rings. The Balaban J connectivity index is 1.56. The first-order valence-corrected chi connectivity index (χ1v) is 8.92. The third kappa shape index (κ3) is 4.16. The summed E-state index contributed by atoms with van der Waals surface area (Å²) in [7, 11) is 2.12. The summed E-state index contributed by atoms with van der Waals surface area (Å²) in [5.41, 5.74) is 3.91. The number of fused-ring (bicyclic) bond motifs is 1. The molecular weight excluding hydrogens is 320 g/mol. The number of halogens is 1. The third-order valence-electron chi connectivity index (χ3n) is 4.81. The number of quaternary nitrogens is 1. The number of amides is 1. The molecule has 0 saturated carbocycles. The quantitative estimate of drug-likeness (QED) is 0.859. The van der Waals surface area contributed by atoms with Crippen LogP contribution in [0.15, 0.2) is 48.5 Å². The van der Waals surface area contributed by atoms with Gasteiger partial charge >= 0.3 is 0 Å². The Bertz CT molecular complexity index is 699. The fraction of sp³-hybridized carbons (Fsp3) is 0.350. The van der Waals surface area contributed by atoms with E-state index in [0.717, 1.165) is 18.4 Å². The van der Waals surface area contributed by atoms with Crippen LogP contribution >= 0.6 is 11.6 Å². The topological polar surface area (TPSA) is 33.5 Å². The first kappa shape index (κ1) is 17.0. The van der Waals surface area contributed by atoms with Crippen LogP contribution in [-0.4, -0.2) is 19.5 Å². The van der Waals surface area contributed by atoms with Gasteiger partial charge in [-0.1, -0.05) is 48.0 Å². The zero-order chi connectivity index (χ0) is 16.9. The van der Waals surface area contributed by atoms with Crippen molar-refractivity contribution in [3.05, 3.63) is 70.2 Å². The summed E-state index contributed by atoms with van der Waals surface area (Å²) in [4.78, 5) is 13.6. The predicted molar refractivity (Wildman–Crippen MR) is 97.2 cm³/mol. The average Bonchev–Trinajstić information content (AvgIpc) is 2.60. The van der Waals surface area contributed by atoms with Gasteiger partial charge in [0.1, 0.15) is 6.04 Å². The highest BCUT2D eigenvalue weighted by molar-refractivity contribution is 6.30. The van der Waals surface area contributed by atoms with E-state index in [1.54, 1.807) is 0 Å². The Labute approximate surface area is 148 Å². The minimum Gasteiger partial charge on any atom is -0.347 e. The van der Waals surface area contributed by atoms with Crippen LogP contribution < -0.4 is 10.2 Å². The van der Waals surface area contributed by atoms with Crippen LogP contribution in [0.3, 0.4) is 0 Å². The maximum Gasteiger partial charge on any atom is 0.275 e. The van der Waals surface area contributed by atoms with Gasteiger partial charge in [-0.15, -0.1) is 0 Å². The number of carbonyl (C=O) groups excluding carboxylic acids is 1. The number of nitrogens with one attached hydrogen (secondary N) is 2. The molecule has 4 heteroatoms. The summed E-state index contributed by atoms with van der Waals surface area (Å²) in [6, 6.07) is 16.6. The SMILES string of the molecule is C[NH+](CC(=O)NCc1ccc(Cl)cc1)[C@@H]1CCCc2ccccc21. The first-order valence-electron chi connectivity index (χ1n) is 8.55. The summed E-state index contributed by atoms with van der Waals surface area (Å²) in [6.45, 7) is 1.04. The van der Waals surface area contributed by atoms with Gasteiger partial charge in [-0.05, 0) is 36.1 Å². The molecule has 1 unspecified atom stereocenters. The zero-order valence-electron chi connectivity index (χ0n) is 14.0. The molecule has 0 saturated heterocycles. The molecule has 0 aromatic heterocycles. The van der Waals surface area contributed by atoms with Crippen molar-refractivity contribution in [1.29, 1.82) is 0 Å². The van der Waals surface area contributed by atoms with Gasteiger partial charge in [0.15, 0.2) is 6.54 Å². The molecule has 2 N–H and O–H groups in total. The fourth-order valence-electron chi connectivity index (χ4n) is 3.51. The average molecular weight is 344 g/mol. The summed E-state index contributed by atoms with van der Waals surface area (Å²) >= 11 is 5.88. The first-order chi connectivity index (χ1) is 11.6. The Morgan fingerprint density at radius 2 is 1.96 bits per heavy atom. The molecule has 0 fully saturated rings. The van der Waals surface area contributed by atoms with E-state index >= 15 is 0 Å². The van der Waals surface area contributed by atoms with Gasteiger partial charge in [0.25, 0.3) is 5.91 Å². The van der Waals surface area contributed by atoms with E-state index in [0.29, 0.717) is 24.2 Å². The summed E-state index contributed by atoms with van der Waals surface area (Å²) in [6.07, 6.45) is 3.50. The molecule has 126 valence electrons. The minimum absolute atomic E-state index is 0.0884. The van der Waals surface area contributed by atoms with Gasteiger partial charge in [0.2, 0.25) is 0 Å². The monoisotopic (exact) mass is 343 g/mol. The smallest absolute Gasteiger partial charge is 0.275 e. The molecule has 1 aliphatic carbocycles. The van der Waals surface area contributed by atoms with Crippen LogP contribution in [0, 0.1) is 0 Å². The van der Waals surface area contributed by atoms with Crippen molar-refractivity contribution >= 4 is 17.5 Å². The predicted octanol–water partition coefficient (Wildman–Crippen LogP) is 2.55. The highest BCUT2D eigenvalue weighted by Gasteiger charge is 2.27. The van der Waals surface area contributed by atoms with E-state index < -0.39 is 0 Å². The molecule has 0 heterocycles. The van der Waals surface area contributed by atoms with Crippen LogP contribution in [-0.2, 0) is 17.8 Å². The number of hydrogen-bond acceptors (Lipinski definition) is 1. The van der Waals surface area contributed by atoms with Crippen LogP contribution in [0.2, 0.25) is 5.02 Å². The van der Waals surface area contributed by atoms with Crippen molar-refractivity contribution in [2.45, 2.75) is 31.8 Å². The second-order valence-electron chi connectivity index (χ2n) is 6.57. The number of carbonyl (C=O) groups is 1. The van der Waals surface area contributed by atoms with Gasteiger partial charge in [0, 0.05) is 23.6 Å². The lowest BCUT2D eigenvalue weighted by molar-refractivity contribution is -0.905. The van der Waals surface area contributed by atoms with Crippen molar-refractivity contribution in [3.8, 4) is 0 Å². The molecule has 2 aromatic carbocycles. The lowest BCUT2D eigenvalue weighted by Crippen LogP contribution is -3.10. The molecule has 0 radical (unpaired) electrons. The molecule has 24 heavy (non-hydrogen) atoms. The Morgan fingerprint density at radius 3 is 2.75 bits per heavy atom. The number of rotatable bonds is 5. The van der Waals surface area contributed by atoms with Crippen LogP contribution in [0.1, 0.15) is 35.6 Å². The standard InChI is InChI=1S/C20H23ClN2O/c1-23(19-8-4-6-16-5-2-3-7-18(16)19)14-20(24)22-13-15-9-11-17(21)12-10-15/h2-3,5,7,9-12,19H,4,6,8,13-14H2,1H3,(H,22,24)/p+1/t19-/m1/s1. The van der Waals surface area contributed by atoms with Gasteiger partial charge < -0.3 is 10.2 Å². The molecule has 3 rings (SSSR count). The molecule has 0 spiro atoms. The number of likely N-dealkylation sites (N-methyl/N-ethyl adjacent to an activating group) is 1. The van der Waals surface area contributed by atoms with E-state index in [-0.39, 0.29) is 5.91 Å². The molecular formula is C20H24ClN2O+. The third-order valence-corrected chi connectivity index (χ3v) is 5.06. The summed E-state index contributed by atoms with van der Waals surface area (Å²) in [5, 5.41) is 3.72. The maximum absolute atomic E-state index is 12.3.